The van der Waals surface area contributed by atoms with Crippen molar-refractivity contribution in [3.8, 4) is 0 Å². The van der Waals surface area contributed by atoms with Gasteiger partial charge in [0.05, 0.1) is 5.71 Å². The Labute approximate surface area is 193 Å². The first-order valence-electron chi connectivity index (χ1n) is 10.6. The number of anilines is 2. The summed E-state index contributed by atoms with van der Waals surface area (Å²) in [5, 5.41) is 11.0. The van der Waals surface area contributed by atoms with Gasteiger partial charge in [0.25, 0.3) is 5.91 Å². The first kappa shape index (κ1) is 21.8. The number of thiocarbonyl (C=S) groups is 1. The zero-order valence-electron chi connectivity index (χ0n) is 18.4. The number of benzene rings is 2. The minimum Gasteiger partial charge on any atom is -0.455 e. The quantitative estimate of drug-likeness (QED) is 0.365. The third kappa shape index (κ3) is 4.73. The third-order valence-corrected chi connectivity index (χ3v) is 5.68. The molecule has 0 fully saturated rings. The van der Waals surface area contributed by atoms with Crippen LogP contribution in [0.15, 0.2) is 58.0 Å². The van der Waals surface area contributed by atoms with E-state index in [1.165, 1.54) is 0 Å². The van der Waals surface area contributed by atoms with Gasteiger partial charge in [-0.1, -0.05) is 35.9 Å². The zero-order valence-corrected chi connectivity index (χ0v) is 19.2. The van der Waals surface area contributed by atoms with Crippen molar-refractivity contribution in [2.45, 2.75) is 40.0 Å². The van der Waals surface area contributed by atoms with Crippen LogP contribution in [0.2, 0.25) is 0 Å². The number of para-hydroxylation sites is 1. The zero-order chi connectivity index (χ0) is 22.7. The maximum Gasteiger partial charge on any atom is 0.291 e. The molecule has 1 amide bonds. The Kier molecular flexibility index (Phi) is 6.37. The van der Waals surface area contributed by atoms with Gasteiger partial charge in [-0.05, 0) is 69.6 Å². The van der Waals surface area contributed by atoms with Gasteiger partial charge in [0.1, 0.15) is 5.76 Å². The molecule has 3 aromatic rings. The third-order valence-electron chi connectivity index (χ3n) is 5.49. The van der Waals surface area contributed by atoms with Crippen molar-refractivity contribution in [2.24, 2.45) is 5.10 Å². The summed E-state index contributed by atoms with van der Waals surface area (Å²) in [5.41, 5.74) is 9.30. The SMILES string of the molecule is Cc1ccc(NC(=O)c2oc3c(c2C)/C(=N/NC(=S)Nc2ccccc2)CCC3)c(C)c1. The van der Waals surface area contributed by atoms with Crippen LogP contribution in [0.5, 0.6) is 0 Å². The van der Waals surface area contributed by atoms with Crippen molar-refractivity contribution >= 4 is 40.3 Å². The summed E-state index contributed by atoms with van der Waals surface area (Å²) in [4.78, 5) is 13.0. The lowest BCUT2D eigenvalue weighted by atomic mass is 9.93. The first-order chi connectivity index (χ1) is 15.4. The number of hydrogen-bond acceptors (Lipinski definition) is 4. The molecule has 32 heavy (non-hydrogen) atoms. The fraction of sp³-hybridized carbons (Fsp3) is 0.240. The molecule has 2 aromatic carbocycles. The highest BCUT2D eigenvalue weighted by molar-refractivity contribution is 7.80. The fourth-order valence-electron chi connectivity index (χ4n) is 3.93. The molecule has 0 atom stereocenters. The highest BCUT2D eigenvalue weighted by Crippen LogP contribution is 2.30. The Morgan fingerprint density at radius 2 is 1.81 bits per heavy atom. The number of nitrogens with zero attached hydrogens (tertiary/aromatic N) is 1. The molecule has 0 bridgehead atoms. The van der Waals surface area contributed by atoms with Crippen molar-refractivity contribution < 1.29 is 9.21 Å². The van der Waals surface area contributed by atoms with Gasteiger partial charge in [0.2, 0.25) is 0 Å². The van der Waals surface area contributed by atoms with E-state index >= 15 is 0 Å². The average Bonchev–Trinajstić information content (AvgIpc) is 3.12. The number of fused-ring (bicyclic) bond motifs is 1. The summed E-state index contributed by atoms with van der Waals surface area (Å²) in [6, 6.07) is 15.6. The van der Waals surface area contributed by atoms with Crippen molar-refractivity contribution in [2.75, 3.05) is 10.6 Å². The first-order valence-corrected chi connectivity index (χ1v) is 11.0. The second kappa shape index (κ2) is 9.36. The largest absolute Gasteiger partial charge is 0.455 e. The van der Waals surface area contributed by atoms with Gasteiger partial charge in [-0.3, -0.25) is 10.2 Å². The Balaban J connectivity index is 1.52. The van der Waals surface area contributed by atoms with Gasteiger partial charge in [-0.25, -0.2) is 0 Å². The van der Waals surface area contributed by atoms with E-state index < -0.39 is 0 Å². The predicted molar refractivity (Wildman–Crippen MR) is 133 cm³/mol. The summed E-state index contributed by atoms with van der Waals surface area (Å²) in [5.74, 6) is 0.869. The minimum absolute atomic E-state index is 0.252. The van der Waals surface area contributed by atoms with Crippen LogP contribution in [0.1, 0.15) is 51.4 Å². The van der Waals surface area contributed by atoms with Gasteiger partial charge in [0, 0.05) is 28.9 Å². The Morgan fingerprint density at radius 3 is 2.56 bits per heavy atom. The number of hydrogen-bond donors (Lipinski definition) is 3. The Bertz CT molecular complexity index is 1200. The summed E-state index contributed by atoms with van der Waals surface area (Å²) < 4.78 is 6.00. The van der Waals surface area contributed by atoms with E-state index in [1.54, 1.807) is 0 Å². The van der Waals surface area contributed by atoms with E-state index in [4.69, 9.17) is 16.6 Å². The predicted octanol–water partition coefficient (Wildman–Crippen LogP) is 5.48. The minimum atomic E-state index is -0.252. The number of nitrogens with one attached hydrogen (secondary N) is 3. The van der Waals surface area contributed by atoms with Crippen molar-refractivity contribution in [1.82, 2.24) is 5.43 Å². The average molecular weight is 447 g/mol. The number of aryl methyl sites for hydroxylation is 3. The molecule has 3 N–H and O–H groups in total. The lowest BCUT2D eigenvalue weighted by molar-refractivity contribution is 0.0994. The lowest BCUT2D eigenvalue weighted by Crippen LogP contribution is -2.26. The molecule has 0 radical (unpaired) electrons. The van der Waals surface area contributed by atoms with Gasteiger partial charge in [0.15, 0.2) is 10.9 Å². The van der Waals surface area contributed by atoms with E-state index in [-0.39, 0.29) is 5.91 Å². The molecule has 0 saturated heterocycles. The van der Waals surface area contributed by atoms with Gasteiger partial charge < -0.3 is 15.1 Å². The molecule has 0 spiro atoms. The van der Waals surface area contributed by atoms with Crippen LogP contribution in [0, 0.1) is 20.8 Å². The van der Waals surface area contributed by atoms with Crippen LogP contribution in [0.25, 0.3) is 0 Å². The smallest absolute Gasteiger partial charge is 0.291 e. The molecule has 1 heterocycles. The second-order valence-corrected chi connectivity index (χ2v) is 8.38. The summed E-state index contributed by atoms with van der Waals surface area (Å²) in [6.07, 6.45) is 2.46. The highest BCUT2D eigenvalue weighted by Gasteiger charge is 2.28. The standard InChI is InChI=1S/C25H26N4O2S/c1-15-12-13-19(16(2)14-15)27-24(30)23-17(3)22-20(10-7-11-21(22)31-23)28-29-25(32)26-18-8-5-4-6-9-18/h4-6,8-9,12-14H,7,10-11H2,1-3H3,(H,27,30)(H2,26,29,32)/b28-20+. The maximum absolute atomic E-state index is 13.0. The Morgan fingerprint density at radius 1 is 1.03 bits per heavy atom. The molecule has 7 heteroatoms. The summed E-state index contributed by atoms with van der Waals surface area (Å²) >= 11 is 5.36. The summed E-state index contributed by atoms with van der Waals surface area (Å²) in [6.45, 7) is 5.91. The molecule has 4 rings (SSSR count). The molecule has 0 aliphatic heterocycles. The molecule has 1 aliphatic rings. The molecule has 1 aromatic heterocycles. The molecular weight excluding hydrogens is 420 g/mol. The van der Waals surface area contributed by atoms with E-state index in [0.717, 1.165) is 64.4 Å². The number of rotatable bonds is 4. The van der Waals surface area contributed by atoms with Gasteiger partial charge in [-0.15, -0.1) is 0 Å². The normalized spacial score (nSPS) is 14.0. The van der Waals surface area contributed by atoms with Crippen LogP contribution in [-0.2, 0) is 6.42 Å². The number of amides is 1. The van der Waals surface area contributed by atoms with Crippen LogP contribution in [-0.4, -0.2) is 16.7 Å². The monoisotopic (exact) mass is 446 g/mol. The fourth-order valence-corrected chi connectivity index (χ4v) is 4.09. The van der Waals surface area contributed by atoms with E-state index in [0.29, 0.717) is 10.9 Å². The molecule has 0 unspecified atom stereocenters. The molecule has 164 valence electrons. The molecule has 1 aliphatic carbocycles. The van der Waals surface area contributed by atoms with E-state index in [1.807, 2.05) is 69.3 Å². The number of carbonyl (C=O) groups is 1. The van der Waals surface area contributed by atoms with Crippen LogP contribution < -0.4 is 16.1 Å². The second-order valence-electron chi connectivity index (χ2n) is 7.97. The van der Waals surface area contributed by atoms with Crippen molar-refractivity contribution in [3.05, 3.63) is 82.3 Å². The number of furan rings is 1. The van der Waals surface area contributed by atoms with E-state index in [2.05, 4.69) is 21.2 Å². The molecule has 6 nitrogen and oxygen atoms in total. The maximum atomic E-state index is 13.0. The van der Waals surface area contributed by atoms with Crippen LogP contribution in [0.3, 0.4) is 0 Å². The van der Waals surface area contributed by atoms with Gasteiger partial charge >= 0.3 is 0 Å². The topological polar surface area (TPSA) is 78.7 Å². The Hall–Kier alpha value is -3.45. The van der Waals surface area contributed by atoms with Crippen molar-refractivity contribution in [1.29, 1.82) is 0 Å². The molecule has 0 saturated carbocycles. The van der Waals surface area contributed by atoms with Gasteiger partial charge in [-0.2, -0.15) is 5.10 Å². The molecular formula is C25H26N4O2S. The number of hydrazone groups is 1. The van der Waals surface area contributed by atoms with Crippen molar-refractivity contribution in [3.63, 3.8) is 0 Å². The van der Waals surface area contributed by atoms with Crippen LogP contribution in [0.4, 0.5) is 11.4 Å². The lowest BCUT2D eigenvalue weighted by Gasteiger charge is -2.14. The highest BCUT2D eigenvalue weighted by atomic mass is 32.1. The number of carbonyl (C=O) groups excluding carboxylic acids is 1. The van der Waals surface area contributed by atoms with Crippen LogP contribution >= 0.6 is 12.2 Å². The van der Waals surface area contributed by atoms with E-state index in [9.17, 15) is 4.79 Å². The summed E-state index contributed by atoms with van der Waals surface area (Å²) in [7, 11) is 0.